The van der Waals surface area contributed by atoms with E-state index >= 15 is 0 Å². The van der Waals surface area contributed by atoms with Crippen molar-refractivity contribution in [1.82, 2.24) is 19.7 Å². The maximum absolute atomic E-state index is 14.2. The highest BCUT2D eigenvalue weighted by atomic mass is 32.2. The van der Waals surface area contributed by atoms with Gasteiger partial charge in [-0.25, -0.2) is 0 Å². The molecule has 11 heteroatoms. The molecule has 1 spiro atoms. The Morgan fingerprint density at radius 2 is 1.92 bits per heavy atom. The van der Waals surface area contributed by atoms with Gasteiger partial charge in [0.25, 0.3) is 5.91 Å². The van der Waals surface area contributed by atoms with Crippen LogP contribution in [-0.2, 0) is 42.9 Å². The molecule has 5 heterocycles. The molecule has 3 saturated heterocycles. The zero-order chi connectivity index (χ0) is 27.0. The number of amides is 1. The molecule has 39 heavy (non-hydrogen) atoms. The second-order valence-corrected chi connectivity index (χ2v) is 12.5. The third-order valence-electron chi connectivity index (χ3n) is 8.58. The summed E-state index contributed by atoms with van der Waals surface area (Å²) in [5, 5.41) is 8.19. The minimum Gasteiger partial charge on any atom is -0.379 e. The number of halogens is 3. The Bertz CT molecular complexity index is 1460. The number of aromatic nitrogens is 3. The highest BCUT2D eigenvalue weighted by Crippen LogP contribution is 2.46. The minimum atomic E-state index is -4.54. The zero-order valence-corrected chi connectivity index (χ0v) is 22.3. The van der Waals surface area contributed by atoms with Gasteiger partial charge in [0.05, 0.1) is 25.3 Å². The maximum Gasteiger partial charge on any atom is 0.416 e. The molecule has 0 radical (unpaired) electrons. The number of fused-ring (bicyclic) bond motifs is 1. The first-order valence-electron chi connectivity index (χ1n) is 13.0. The van der Waals surface area contributed by atoms with E-state index in [4.69, 9.17) is 4.74 Å². The van der Waals surface area contributed by atoms with Gasteiger partial charge in [0.15, 0.2) is 0 Å². The van der Waals surface area contributed by atoms with Crippen LogP contribution in [0.1, 0.15) is 38.4 Å². The highest BCUT2D eigenvalue weighted by Gasteiger charge is 2.48. The van der Waals surface area contributed by atoms with Crippen molar-refractivity contribution in [2.24, 2.45) is 12.5 Å². The van der Waals surface area contributed by atoms with Crippen molar-refractivity contribution in [3.05, 3.63) is 76.4 Å². The topological polar surface area (TPSA) is 63.5 Å². The van der Waals surface area contributed by atoms with Crippen molar-refractivity contribution in [1.29, 1.82) is 0 Å². The molecule has 4 aliphatic heterocycles. The van der Waals surface area contributed by atoms with E-state index in [2.05, 4.69) is 15.1 Å². The number of benzene rings is 2. The lowest BCUT2D eigenvalue weighted by molar-refractivity contribution is -0.138. The van der Waals surface area contributed by atoms with Gasteiger partial charge in [0.2, 0.25) is 0 Å². The van der Waals surface area contributed by atoms with E-state index in [-0.39, 0.29) is 23.1 Å². The van der Waals surface area contributed by atoms with Gasteiger partial charge in [-0.05, 0) is 41.0 Å². The summed E-state index contributed by atoms with van der Waals surface area (Å²) in [5.74, 6) is 2.68. The fourth-order valence-electron chi connectivity index (χ4n) is 6.36. The largest absolute Gasteiger partial charge is 0.416 e. The number of carbonyl (C=O) groups excluding carboxylic acids is 1. The fraction of sp³-hybridized carbons (Fsp3) is 0.464. The number of alkyl halides is 3. The van der Waals surface area contributed by atoms with Crippen molar-refractivity contribution >= 4 is 23.4 Å². The number of aryl methyl sites for hydroxylation is 1. The molecular formula is C28H28F3N5O2S. The van der Waals surface area contributed by atoms with Gasteiger partial charge in [0, 0.05) is 66.7 Å². The van der Waals surface area contributed by atoms with Crippen LogP contribution in [0.3, 0.4) is 0 Å². The molecule has 4 aliphatic rings. The first-order chi connectivity index (χ1) is 18.6. The number of hydrogen-bond donors (Lipinski definition) is 0. The number of likely N-dealkylation sites (tertiary alicyclic amines) is 1. The number of nitrogens with zero attached hydrogens (tertiary/aromatic N) is 5. The lowest BCUT2D eigenvalue weighted by atomic mass is 9.75. The van der Waals surface area contributed by atoms with E-state index in [0.29, 0.717) is 42.8 Å². The van der Waals surface area contributed by atoms with Crippen LogP contribution in [-0.4, -0.2) is 63.4 Å². The maximum atomic E-state index is 14.2. The van der Waals surface area contributed by atoms with Gasteiger partial charge in [-0.3, -0.25) is 9.69 Å². The van der Waals surface area contributed by atoms with Crippen molar-refractivity contribution in [2.75, 3.05) is 42.7 Å². The van der Waals surface area contributed by atoms with Crippen molar-refractivity contribution in [3.63, 3.8) is 0 Å². The molecule has 204 valence electrons. The summed E-state index contributed by atoms with van der Waals surface area (Å²) in [6, 6.07) is 10.4. The van der Waals surface area contributed by atoms with E-state index in [0.717, 1.165) is 36.0 Å². The van der Waals surface area contributed by atoms with Gasteiger partial charge in [-0.1, -0.05) is 12.1 Å². The van der Waals surface area contributed by atoms with Crippen molar-refractivity contribution in [3.8, 4) is 0 Å². The Kier molecular flexibility index (Phi) is 5.67. The molecule has 3 fully saturated rings. The minimum absolute atomic E-state index is 0.0536. The van der Waals surface area contributed by atoms with Gasteiger partial charge in [-0.2, -0.15) is 24.9 Å². The smallest absolute Gasteiger partial charge is 0.379 e. The SMILES string of the molecule is Cn1cnnc1CC1(c2cccc(N3Cc4c(cc(CN5CC6(CSC6)C5)cc4C(F)(F)F)C3=O)c2)COC1. The number of anilines is 1. The quantitative estimate of drug-likeness (QED) is 0.458. The van der Waals surface area contributed by atoms with Crippen LogP contribution < -0.4 is 4.90 Å². The fourth-order valence-corrected chi connectivity index (χ4v) is 7.51. The van der Waals surface area contributed by atoms with Crippen LogP contribution in [0.2, 0.25) is 0 Å². The Morgan fingerprint density at radius 3 is 2.54 bits per heavy atom. The molecule has 0 saturated carbocycles. The molecule has 1 aromatic heterocycles. The number of hydrogen-bond acceptors (Lipinski definition) is 6. The van der Waals surface area contributed by atoms with E-state index in [1.165, 1.54) is 11.0 Å². The molecule has 0 atom stereocenters. The number of thioether (sulfide) groups is 1. The molecule has 7 nitrogen and oxygen atoms in total. The molecule has 0 unspecified atom stereocenters. The lowest BCUT2D eigenvalue weighted by Gasteiger charge is -2.55. The van der Waals surface area contributed by atoms with E-state index in [9.17, 15) is 18.0 Å². The van der Waals surface area contributed by atoms with E-state index < -0.39 is 17.6 Å². The summed E-state index contributed by atoms with van der Waals surface area (Å²) in [4.78, 5) is 17.2. The second kappa shape index (κ2) is 8.81. The van der Waals surface area contributed by atoms with Crippen LogP contribution >= 0.6 is 11.8 Å². The molecule has 2 aromatic carbocycles. The Balaban J connectivity index is 1.17. The van der Waals surface area contributed by atoms with Crippen molar-refractivity contribution < 1.29 is 22.7 Å². The van der Waals surface area contributed by atoms with E-state index in [1.54, 1.807) is 18.5 Å². The summed E-state index contributed by atoms with van der Waals surface area (Å²) in [7, 11) is 1.89. The summed E-state index contributed by atoms with van der Waals surface area (Å²) in [6.45, 7) is 3.13. The first kappa shape index (κ1) is 25.1. The van der Waals surface area contributed by atoms with Gasteiger partial charge < -0.3 is 14.2 Å². The normalized spacial score (nSPS) is 21.4. The van der Waals surface area contributed by atoms with Crippen LogP contribution in [0.4, 0.5) is 18.9 Å². The molecule has 0 bridgehead atoms. The summed E-state index contributed by atoms with van der Waals surface area (Å²) < 4.78 is 50.1. The standard InChI is InChI=1S/C28H28F3N5O2S/c1-34-17-32-33-24(34)8-27(13-38-14-27)19-3-2-4-20(7-19)36-10-22-21(25(36)37)5-18(6-23(22)28(29,30)31)9-35-11-26(12-35)15-39-16-26/h2-7,17H,8-16H2,1H3. The van der Waals surface area contributed by atoms with Gasteiger partial charge >= 0.3 is 6.18 Å². The lowest BCUT2D eigenvalue weighted by Crippen LogP contribution is -2.62. The number of ether oxygens (including phenoxy) is 1. The Labute approximate surface area is 228 Å². The van der Waals surface area contributed by atoms with Crippen LogP contribution in [0.5, 0.6) is 0 Å². The zero-order valence-electron chi connectivity index (χ0n) is 21.5. The molecular weight excluding hydrogens is 527 g/mol. The highest BCUT2D eigenvalue weighted by molar-refractivity contribution is 8.00. The average molecular weight is 556 g/mol. The molecule has 1 amide bonds. The predicted molar refractivity (Wildman–Crippen MR) is 141 cm³/mol. The molecule has 0 N–H and O–H groups in total. The summed E-state index contributed by atoms with van der Waals surface area (Å²) >= 11 is 1.92. The molecule has 7 rings (SSSR count). The predicted octanol–water partition coefficient (Wildman–Crippen LogP) is 4.05. The third kappa shape index (κ3) is 4.17. The first-order valence-corrected chi connectivity index (χ1v) is 14.2. The second-order valence-electron chi connectivity index (χ2n) is 11.6. The average Bonchev–Trinajstić information content (AvgIpc) is 3.38. The van der Waals surface area contributed by atoms with Crippen molar-refractivity contribution in [2.45, 2.75) is 31.1 Å². The number of carbonyl (C=O) groups is 1. The summed E-state index contributed by atoms with van der Waals surface area (Å²) in [6.07, 6.45) is -2.28. The molecule has 0 aliphatic carbocycles. The summed E-state index contributed by atoms with van der Waals surface area (Å²) in [5.41, 5.74) is 1.61. The Morgan fingerprint density at radius 1 is 1.13 bits per heavy atom. The molecule has 3 aromatic rings. The van der Waals surface area contributed by atoms with Gasteiger partial charge in [-0.15, -0.1) is 10.2 Å². The number of rotatable bonds is 6. The van der Waals surface area contributed by atoms with E-state index in [1.807, 2.05) is 41.6 Å². The Hall–Kier alpha value is -2.89. The van der Waals surface area contributed by atoms with Crippen LogP contribution in [0, 0.1) is 5.41 Å². The third-order valence-corrected chi connectivity index (χ3v) is 10.2. The van der Waals surface area contributed by atoms with Gasteiger partial charge in [0.1, 0.15) is 12.2 Å². The monoisotopic (exact) mass is 555 g/mol. The van der Waals surface area contributed by atoms with Crippen LogP contribution in [0.25, 0.3) is 0 Å². The van der Waals surface area contributed by atoms with Crippen LogP contribution in [0.15, 0.2) is 42.7 Å².